The molecule has 4 nitrogen and oxygen atoms in total. The molecule has 1 rings (SSSR count). The van der Waals surface area contributed by atoms with Crippen molar-refractivity contribution in [3.8, 4) is 0 Å². The Kier molecular flexibility index (Phi) is 6.19. The van der Waals surface area contributed by atoms with Gasteiger partial charge in [-0.15, -0.1) is 12.4 Å². The van der Waals surface area contributed by atoms with Gasteiger partial charge in [0.25, 0.3) is 5.91 Å². The number of rotatable bonds is 3. The van der Waals surface area contributed by atoms with E-state index >= 15 is 0 Å². The molecule has 0 aromatic heterocycles. The largest absolute Gasteiger partial charge is 0.324 e. The van der Waals surface area contributed by atoms with Crippen LogP contribution in [0.3, 0.4) is 0 Å². The number of halogens is 3. The summed E-state index contributed by atoms with van der Waals surface area (Å²) in [5.74, 6) is 3.71. The quantitative estimate of drug-likeness (QED) is 0.808. The summed E-state index contributed by atoms with van der Waals surface area (Å²) in [7, 11) is 0. The smallest absolute Gasteiger partial charge is 0.252 e. The van der Waals surface area contributed by atoms with Crippen LogP contribution in [0.15, 0.2) is 18.2 Å². The van der Waals surface area contributed by atoms with Crippen molar-refractivity contribution in [3.05, 3.63) is 29.0 Å². The van der Waals surface area contributed by atoms with E-state index in [2.05, 4.69) is 10.2 Å². The van der Waals surface area contributed by atoms with E-state index in [0.717, 1.165) is 6.07 Å². The van der Waals surface area contributed by atoms with Gasteiger partial charge < -0.3 is 5.32 Å². The molecular weight excluding hydrogens is 246 g/mol. The standard InChI is InChI=1S/C8H8ClFN2O2.ClH/c9-6-3-5(1-2-7(6)10)12-8(13)4-14-11;/h1-3H,4,11H2,(H,12,13);1H. The Hall–Kier alpha value is -0.880. The van der Waals surface area contributed by atoms with Crippen molar-refractivity contribution >= 4 is 35.6 Å². The van der Waals surface area contributed by atoms with Crippen molar-refractivity contribution in [1.82, 2.24) is 0 Å². The Morgan fingerprint density at radius 3 is 2.80 bits per heavy atom. The highest BCUT2D eigenvalue weighted by Gasteiger charge is 2.04. The van der Waals surface area contributed by atoms with Crippen molar-refractivity contribution in [2.45, 2.75) is 0 Å². The minimum Gasteiger partial charge on any atom is -0.324 e. The van der Waals surface area contributed by atoms with Crippen LogP contribution in [-0.2, 0) is 9.63 Å². The maximum Gasteiger partial charge on any atom is 0.252 e. The second kappa shape index (κ2) is 6.58. The molecule has 7 heteroatoms. The van der Waals surface area contributed by atoms with Gasteiger partial charge >= 0.3 is 0 Å². The Balaban J connectivity index is 0.00000196. The number of carbonyl (C=O) groups excluding carboxylic acids is 1. The summed E-state index contributed by atoms with van der Waals surface area (Å²) < 4.78 is 12.7. The van der Waals surface area contributed by atoms with Crippen LogP contribution in [0, 0.1) is 5.82 Å². The number of nitrogens with two attached hydrogens (primary N) is 1. The Bertz CT molecular complexity index is 349. The number of benzene rings is 1. The zero-order valence-electron chi connectivity index (χ0n) is 7.50. The fraction of sp³-hybridized carbons (Fsp3) is 0.125. The van der Waals surface area contributed by atoms with Crippen LogP contribution >= 0.6 is 24.0 Å². The minimum atomic E-state index is -0.542. The van der Waals surface area contributed by atoms with Crippen molar-refractivity contribution in [2.75, 3.05) is 11.9 Å². The van der Waals surface area contributed by atoms with Gasteiger partial charge in [0.2, 0.25) is 0 Å². The Morgan fingerprint density at radius 1 is 1.60 bits per heavy atom. The molecule has 1 amide bonds. The second-order valence-electron chi connectivity index (χ2n) is 2.49. The number of anilines is 1. The first kappa shape index (κ1) is 14.1. The van der Waals surface area contributed by atoms with Gasteiger partial charge in [0.1, 0.15) is 12.4 Å². The van der Waals surface area contributed by atoms with Crippen LogP contribution in [-0.4, -0.2) is 12.5 Å². The van der Waals surface area contributed by atoms with Crippen LogP contribution in [0.1, 0.15) is 0 Å². The first-order chi connectivity index (χ1) is 6.63. The van der Waals surface area contributed by atoms with Crippen LogP contribution < -0.4 is 11.2 Å². The average Bonchev–Trinajstić information content (AvgIpc) is 2.12. The van der Waals surface area contributed by atoms with Crippen LogP contribution in [0.5, 0.6) is 0 Å². The number of hydrogen-bond acceptors (Lipinski definition) is 3. The molecule has 0 fully saturated rings. The molecule has 0 aliphatic heterocycles. The molecule has 0 saturated heterocycles. The van der Waals surface area contributed by atoms with Crippen LogP contribution in [0.25, 0.3) is 0 Å². The van der Waals surface area contributed by atoms with Crippen molar-refractivity contribution in [3.63, 3.8) is 0 Å². The topological polar surface area (TPSA) is 64.3 Å². The summed E-state index contributed by atoms with van der Waals surface area (Å²) in [5.41, 5.74) is 0.387. The monoisotopic (exact) mass is 254 g/mol. The minimum absolute atomic E-state index is 0. The van der Waals surface area contributed by atoms with Gasteiger partial charge in [0.15, 0.2) is 0 Å². The number of nitrogens with one attached hydrogen (secondary N) is 1. The van der Waals surface area contributed by atoms with E-state index in [1.807, 2.05) is 0 Å². The molecule has 0 radical (unpaired) electrons. The summed E-state index contributed by atoms with van der Waals surface area (Å²) in [6.07, 6.45) is 0. The fourth-order valence-electron chi connectivity index (χ4n) is 0.847. The highest BCUT2D eigenvalue weighted by molar-refractivity contribution is 6.31. The second-order valence-corrected chi connectivity index (χ2v) is 2.90. The zero-order chi connectivity index (χ0) is 10.6. The van der Waals surface area contributed by atoms with Gasteiger partial charge in [-0.25, -0.2) is 10.3 Å². The molecule has 0 atom stereocenters. The van der Waals surface area contributed by atoms with Crippen LogP contribution in [0.4, 0.5) is 10.1 Å². The molecule has 0 bridgehead atoms. The number of amides is 1. The summed E-state index contributed by atoms with van der Waals surface area (Å²) in [6, 6.07) is 3.84. The SMILES string of the molecule is Cl.NOCC(=O)Nc1ccc(F)c(Cl)c1. The van der Waals surface area contributed by atoms with Gasteiger partial charge in [-0.1, -0.05) is 11.6 Å². The molecule has 3 N–H and O–H groups in total. The van der Waals surface area contributed by atoms with E-state index < -0.39 is 11.7 Å². The summed E-state index contributed by atoms with van der Waals surface area (Å²) in [5, 5.41) is 2.36. The summed E-state index contributed by atoms with van der Waals surface area (Å²) in [4.78, 5) is 15.1. The first-order valence-electron chi connectivity index (χ1n) is 3.70. The fourth-order valence-corrected chi connectivity index (χ4v) is 1.03. The molecule has 0 unspecified atom stereocenters. The normalized spacial score (nSPS) is 9.27. The molecule has 0 saturated carbocycles. The highest BCUT2D eigenvalue weighted by atomic mass is 35.5. The maximum atomic E-state index is 12.7. The molecule has 1 aromatic rings. The molecule has 1 aromatic carbocycles. The van der Waals surface area contributed by atoms with E-state index in [-0.39, 0.29) is 24.0 Å². The van der Waals surface area contributed by atoms with Crippen molar-refractivity contribution in [1.29, 1.82) is 0 Å². The van der Waals surface area contributed by atoms with E-state index in [1.54, 1.807) is 0 Å². The van der Waals surface area contributed by atoms with Crippen LogP contribution in [0.2, 0.25) is 5.02 Å². The molecule has 0 heterocycles. The van der Waals surface area contributed by atoms with E-state index in [9.17, 15) is 9.18 Å². The lowest BCUT2D eigenvalue weighted by molar-refractivity contribution is -0.120. The Morgan fingerprint density at radius 2 is 2.27 bits per heavy atom. The van der Waals surface area contributed by atoms with Crippen molar-refractivity contribution < 1.29 is 14.0 Å². The Labute approximate surface area is 96.9 Å². The lowest BCUT2D eigenvalue weighted by atomic mass is 10.3. The maximum absolute atomic E-state index is 12.7. The number of carbonyl (C=O) groups is 1. The molecule has 0 aliphatic carbocycles. The molecule has 15 heavy (non-hydrogen) atoms. The summed E-state index contributed by atoms with van der Waals surface area (Å²) in [6.45, 7) is -0.269. The molecule has 0 spiro atoms. The van der Waals surface area contributed by atoms with E-state index in [0.29, 0.717) is 5.69 Å². The lowest BCUT2D eigenvalue weighted by Gasteiger charge is -2.04. The third-order valence-corrected chi connectivity index (χ3v) is 1.71. The van der Waals surface area contributed by atoms with Gasteiger partial charge in [-0.3, -0.25) is 9.63 Å². The van der Waals surface area contributed by atoms with E-state index in [4.69, 9.17) is 17.5 Å². The molecular formula is C8H9Cl2FN2O2. The molecule has 84 valence electrons. The van der Waals surface area contributed by atoms with Gasteiger partial charge in [0.05, 0.1) is 5.02 Å². The lowest BCUT2D eigenvalue weighted by Crippen LogP contribution is -2.20. The van der Waals surface area contributed by atoms with Gasteiger partial charge in [-0.05, 0) is 18.2 Å². The predicted molar refractivity (Wildman–Crippen MR) is 57.4 cm³/mol. The van der Waals surface area contributed by atoms with Gasteiger partial charge in [-0.2, -0.15) is 0 Å². The van der Waals surface area contributed by atoms with Gasteiger partial charge in [0, 0.05) is 5.69 Å². The highest BCUT2D eigenvalue weighted by Crippen LogP contribution is 2.19. The van der Waals surface area contributed by atoms with Crippen molar-refractivity contribution in [2.24, 2.45) is 5.90 Å². The predicted octanol–water partition coefficient (Wildman–Crippen LogP) is 1.73. The summed E-state index contributed by atoms with van der Waals surface area (Å²) >= 11 is 5.49. The first-order valence-corrected chi connectivity index (χ1v) is 4.08. The number of hydrogen-bond donors (Lipinski definition) is 2. The average molecular weight is 255 g/mol. The third-order valence-electron chi connectivity index (χ3n) is 1.42. The third kappa shape index (κ3) is 4.44. The zero-order valence-corrected chi connectivity index (χ0v) is 9.07. The molecule has 0 aliphatic rings. The van der Waals surface area contributed by atoms with E-state index in [1.165, 1.54) is 12.1 Å².